The number of ether oxygens (including phenoxy) is 2. The summed E-state index contributed by atoms with van der Waals surface area (Å²) in [4.78, 5) is 19.4. The summed E-state index contributed by atoms with van der Waals surface area (Å²) in [5.41, 5.74) is 0.648. The van der Waals surface area contributed by atoms with Crippen LogP contribution in [0.15, 0.2) is 28.8 Å². The van der Waals surface area contributed by atoms with Crippen LogP contribution in [-0.4, -0.2) is 53.4 Å². The molecule has 2 aliphatic heterocycles. The number of likely N-dealkylation sites (tertiary alicyclic amines) is 1. The van der Waals surface area contributed by atoms with Crippen LogP contribution >= 0.6 is 0 Å². The van der Waals surface area contributed by atoms with Gasteiger partial charge < -0.3 is 18.9 Å². The second kappa shape index (κ2) is 7.54. The summed E-state index contributed by atoms with van der Waals surface area (Å²) < 4.78 is 16.9. The number of rotatable bonds is 6. The highest BCUT2D eigenvalue weighted by molar-refractivity contribution is 5.94. The van der Waals surface area contributed by atoms with E-state index in [-0.39, 0.29) is 17.9 Å². The molecule has 2 atom stereocenters. The minimum Gasteiger partial charge on any atom is -0.491 e. The van der Waals surface area contributed by atoms with E-state index in [4.69, 9.17) is 14.0 Å². The Morgan fingerprint density at radius 2 is 2.14 bits per heavy atom. The molecule has 2 saturated heterocycles. The van der Waals surface area contributed by atoms with E-state index in [0.29, 0.717) is 42.8 Å². The van der Waals surface area contributed by atoms with Gasteiger partial charge in [0.1, 0.15) is 12.4 Å². The van der Waals surface area contributed by atoms with Gasteiger partial charge in [-0.05, 0) is 50.3 Å². The fourth-order valence-corrected chi connectivity index (χ4v) is 3.93. The lowest BCUT2D eigenvalue weighted by molar-refractivity contribution is 0.0678. The third-order valence-electron chi connectivity index (χ3n) is 5.77. The van der Waals surface area contributed by atoms with E-state index in [1.54, 1.807) is 0 Å². The van der Waals surface area contributed by atoms with E-state index in [0.717, 1.165) is 44.5 Å². The number of benzene rings is 1. The second-order valence-corrected chi connectivity index (χ2v) is 7.98. The number of hydrogen-bond acceptors (Lipinski definition) is 6. The fourth-order valence-electron chi connectivity index (χ4n) is 3.93. The Bertz CT molecular complexity index is 842. The quantitative estimate of drug-likeness (QED) is 0.763. The molecule has 0 radical (unpaired) electrons. The molecule has 7 nitrogen and oxygen atoms in total. The van der Waals surface area contributed by atoms with Crippen molar-refractivity contribution in [1.82, 2.24) is 15.0 Å². The summed E-state index contributed by atoms with van der Waals surface area (Å²) in [6, 6.07) is 7.41. The Labute approximate surface area is 164 Å². The summed E-state index contributed by atoms with van der Waals surface area (Å²) in [7, 11) is 0. The molecule has 3 fully saturated rings. The zero-order valence-electron chi connectivity index (χ0n) is 15.9. The molecule has 5 rings (SSSR count). The lowest BCUT2D eigenvalue weighted by Gasteiger charge is -2.17. The maximum atomic E-state index is 12.9. The molecular formula is C21H25N3O4. The Kier molecular flexibility index (Phi) is 4.76. The molecule has 28 heavy (non-hydrogen) atoms. The average Bonchev–Trinajstić information content (AvgIpc) is 3.15. The number of carbonyl (C=O) groups is 1. The molecule has 0 unspecified atom stereocenters. The average molecular weight is 383 g/mol. The van der Waals surface area contributed by atoms with Crippen LogP contribution in [-0.2, 0) is 4.74 Å². The lowest BCUT2D eigenvalue weighted by atomic mass is 10.1. The second-order valence-electron chi connectivity index (χ2n) is 7.98. The first-order valence-electron chi connectivity index (χ1n) is 10.2. The number of carbonyl (C=O) groups excluding carboxylic acids is 1. The van der Waals surface area contributed by atoms with Crippen LogP contribution in [0.5, 0.6) is 5.75 Å². The normalized spacial score (nSPS) is 24.6. The van der Waals surface area contributed by atoms with Crippen molar-refractivity contribution in [2.45, 2.75) is 50.0 Å². The van der Waals surface area contributed by atoms with Crippen LogP contribution < -0.4 is 4.74 Å². The van der Waals surface area contributed by atoms with Gasteiger partial charge in [0.2, 0.25) is 5.89 Å². The molecule has 1 amide bonds. The Balaban J connectivity index is 1.20. The SMILES string of the molecule is O=C(c1cccc(OC[C@H]2CCCO2)c1)N1CC[C@H](c2nc(C3CC3)no2)C1. The highest BCUT2D eigenvalue weighted by Crippen LogP contribution is 2.39. The summed E-state index contributed by atoms with van der Waals surface area (Å²) in [6.07, 6.45) is 5.44. The molecule has 3 aliphatic rings. The van der Waals surface area contributed by atoms with Crippen molar-refractivity contribution >= 4 is 5.91 Å². The highest BCUT2D eigenvalue weighted by atomic mass is 16.5. The predicted molar refractivity (Wildman–Crippen MR) is 100 cm³/mol. The first-order chi connectivity index (χ1) is 13.8. The third-order valence-corrected chi connectivity index (χ3v) is 5.77. The Morgan fingerprint density at radius 1 is 1.21 bits per heavy atom. The largest absolute Gasteiger partial charge is 0.491 e. The molecule has 1 aliphatic carbocycles. The van der Waals surface area contributed by atoms with Gasteiger partial charge in [0, 0.05) is 31.2 Å². The highest BCUT2D eigenvalue weighted by Gasteiger charge is 2.34. The van der Waals surface area contributed by atoms with Gasteiger partial charge in [-0.25, -0.2) is 0 Å². The van der Waals surface area contributed by atoms with Crippen molar-refractivity contribution in [3.8, 4) is 5.75 Å². The molecule has 0 spiro atoms. The van der Waals surface area contributed by atoms with Gasteiger partial charge in [0.25, 0.3) is 5.91 Å². The predicted octanol–water partition coefficient (Wildman–Crippen LogP) is 3.13. The van der Waals surface area contributed by atoms with E-state index in [1.165, 1.54) is 0 Å². The van der Waals surface area contributed by atoms with E-state index in [9.17, 15) is 4.79 Å². The van der Waals surface area contributed by atoms with Crippen molar-refractivity contribution in [3.05, 3.63) is 41.5 Å². The maximum Gasteiger partial charge on any atom is 0.254 e. The zero-order valence-corrected chi connectivity index (χ0v) is 15.9. The van der Waals surface area contributed by atoms with Crippen LogP contribution in [0.25, 0.3) is 0 Å². The van der Waals surface area contributed by atoms with Crippen LogP contribution in [0.3, 0.4) is 0 Å². The topological polar surface area (TPSA) is 77.7 Å². The van der Waals surface area contributed by atoms with Crippen molar-refractivity contribution in [1.29, 1.82) is 0 Å². The molecule has 1 saturated carbocycles. The smallest absolute Gasteiger partial charge is 0.254 e. The summed E-state index contributed by atoms with van der Waals surface area (Å²) in [5.74, 6) is 2.84. The molecule has 148 valence electrons. The maximum absolute atomic E-state index is 12.9. The van der Waals surface area contributed by atoms with Crippen molar-refractivity contribution in [3.63, 3.8) is 0 Å². The minimum absolute atomic E-state index is 0.0204. The minimum atomic E-state index is 0.0204. The van der Waals surface area contributed by atoms with Crippen LogP contribution in [0, 0.1) is 0 Å². The molecule has 0 N–H and O–H groups in total. The molecule has 3 heterocycles. The van der Waals surface area contributed by atoms with Crippen molar-refractivity contribution < 1.29 is 18.8 Å². The van der Waals surface area contributed by atoms with E-state index in [2.05, 4.69) is 10.1 Å². The van der Waals surface area contributed by atoms with E-state index < -0.39 is 0 Å². The van der Waals surface area contributed by atoms with Gasteiger partial charge in [-0.1, -0.05) is 11.2 Å². The van der Waals surface area contributed by atoms with Gasteiger partial charge in [-0.15, -0.1) is 0 Å². The monoisotopic (exact) mass is 383 g/mol. The first kappa shape index (κ1) is 17.7. The molecule has 2 aromatic rings. The van der Waals surface area contributed by atoms with E-state index >= 15 is 0 Å². The Morgan fingerprint density at radius 3 is 2.96 bits per heavy atom. The lowest BCUT2D eigenvalue weighted by Crippen LogP contribution is -2.28. The fraction of sp³-hybridized carbons (Fsp3) is 0.571. The number of amides is 1. The van der Waals surface area contributed by atoms with Gasteiger partial charge in [0.15, 0.2) is 5.82 Å². The van der Waals surface area contributed by atoms with Crippen LogP contribution in [0.1, 0.15) is 66.0 Å². The Hall–Kier alpha value is -2.41. The number of hydrogen-bond donors (Lipinski definition) is 0. The zero-order chi connectivity index (χ0) is 18.9. The van der Waals surface area contributed by atoms with Crippen LogP contribution in [0.2, 0.25) is 0 Å². The van der Waals surface area contributed by atoms with Crippen LogP contribution in [0.4, 0.5) is 0 Å². The molecule has 1 aromatic heterocycles. The summed E-state index contributed by atoms with van der Waals surface area (Å²) >= 11 is 0. The van der Waals surface area contributed by atoms with Gasteiger partial charge in [0.05, 0.1) is 12.0 Å². The van der Waals surface area contributed by atoms with Gasteiger partial charge in [-0.2, -0.15) is 4.98 Å². The number of aromatic nitrogens is 2. The molecule has 7 heteroatoms. The van der Waals surface area contributed by atoms with E-state index in [1.807, 2.05) is 29.2 Å². The molecule has 1 aromatic carbocycles. The summed E-state index contributed by atoms with van der Waals surface area (Å²) in [5, 5.41) is 4.10. The summed E-state index contributed by atoms with van der Waals surface area (Å²) in [6.45, 7) is 2.66. The molecule has 0 bridgehead atoms. The first-order valence-corrected chi connectivity index (χ1v) is 10.2. The standard InChI is InChI=1S/C21H25N3O4/c25-21(15-3-1-4-17(11-15)27-13-18-5-2-10-26-18)24-9-8-16(12-24)20-22-19(23-28-20)14-6-7-14/h1,3-4,11,14,16,18H,2,5-10,12-13H2/t16-,18+/m0/s1. The third kappa shape index (κ3) is 3.76. The van der Waals surface area contributed by atoms with Crippen molar-refractivity contribution in [2.24, 2.45) is 0 Å². The van der Waals surface area contributed by atoms with Gasteiger partial charge >= 0.3 is 0 Å². The van der Waals surface area contributed by atoms with Gasteiger partial charge in [-0.3, -0.25) is 4.79 Å². The molecular weight excluding hydrogens is 358 g/mol. The van der Waals surface area contributed by atoms with Crippen molar-refractivity contribution in [2.75, 3.05) is 26.3 Å². The number of nitrogens with zero attached hydrogens (tertiary/aromatic N) is 3.